The number of nitrogens with zero attached hydrogens (tertiary/aromatic N) is 5. The van der Waals surface area contributed by atoms with Crippen molar-refractivity contribution in [3.63, 3.8) is 0 Å². The minimum absolute atomic E-state index is 0.0220. The van der Waals surface area contributed by atoms with Crippen molar-refractivity contribution in [2.45, 2.75) is 33.0 Å². The van der Waals surface area contributed by atoms with Crippen LogP contribution in [-0.4, -0.2) is 53.4 Å². The second-order valence-electron chi connectivity index (χ2n) is 4.87. The van der Waals surface area contributed by atoms with E-state index in [0.717, 1.165) is 0 Å². The fourth-order valence-corrected chi connectivity index (χ4v) is 1.90. The molecule has 1 aliphatic heterocycles. The Morgan fingerprint density at radius 1 is 1.48 bits per heavy atom. The van der Waals surface area contributed by atoms with Gasteiger partial charge in [-0.3, -0.25) is 0 Å². The molecule has 2 rings (SSSR count). The van der Waals surface area contributed by atoms with Crippen molar-refractivity contribution in [3.8, 4) is 12.1 Å². The highest BCUT2D eigenvalue weighted by atomic mass is 16.5. The highest BCUT2D eigenvalue weighted by molar-refractivity contribution is 5.39. The van der Waals surface area contributed by atoms with Gasteiger partial charge in [0.1, 0.15) is 0 Å². The van der Waals surface area contributed by atoms with Gasteiger partial charge in [0.15, 0.2) is 6.10 Å². The van der Waals surface area contributed by atoms with Crippen LogP contribution in [0.25, 0.3) is 0 Å². The predicted molar refractivity (Wildman–Crippen MR) is 77.3 cm³/mol. The van der Waals surface area contributed by atoms with Crippen LogP contribution < -0.4 is 15.0 Å². The number of rotatable bonds is 5. The summed E-state index contributed by atoms with van der Waals surface area (Å²) in [5.74, 6) is 0.971. The van der Waals surface area contributed by atoms with Gasteiger partial charge in [-0.1, -0.05) is 0 Å². The zero-order valence-corrected chi connectivity index (χ0v) is 12.5. The Kier molecular flexibility index (Phi) is 5.11. The van der Waals surface area contributed by atoms with Gasteiger partial charge in [-0.05, 0) is 20.8 Å². The van der Waals surface area contributed by atoms with Crippen LogP contribution in [0.15, 0.2) is 0 Å². The normalized spacial score (nSPS) is 18.4. The zero-order valence-electron chi connectivity index (χ0n) is 12.5. The second kappa shape index (κ2) is 7.04. The summed E-state index contributed by atoms with van der Waals surface area (Å²) >= 11 is 0. The fourth-order valence-electron chi connectivity index (χ4n) is 1.90. The number of morpholine rings is 1. The van der Waals surface area contributed by atoms with Crippen molar-refractivity contribution in [1.82, 2.24) is 15.0 Å². The van der Waals surface area contributed by atoms with E-state index in [4.69, 9.17) is 14.7 Å². The summed E-state index contributed by atoms with van der Waals surface area (Å²) in [6, 6.07) is 2.39. The maximum absolute atomic E-state index is 8.98. The van der Waals surface area contributed by atoms with Gasteiger partial charge in [-0.25, -0.2) is 0 Å². The van der Waals surface area contributed by atoms with Crippen LogP contribution >= 0.6 is 0 Å². The lowest BCUT2D eigenvalue weighted by Gasteiger charge is -2.29. The van der Waals surface area contributed by atoms with Gasteiger partial charge in [-0.2, -0.15) is 20.2 Å². The molecule has 2 heterocycles. The van der Waals surface area contributed by atoms with Crippen molar-refractivity contribution in [2.75, 3.05) is 36.5 Å². The first kappa shape index (κ1) is 15.3. The van der Waals surface area contributed by atoms with E-state index in [1.165, 1.54) is 0 Å². The summed E-state index contributed by atoms with van der Waals surface area (Å²) in [7, 11) is 0. The molecule has 8 nitrogen and oxygen atoms in total. The first-order valence-corrected chi connectivity index (χ1v) is 7.05. The monoisotopic (exact) mass is 292 g/mol. The Morgan fingerprint density at radius 2 is 2.29 bits per heavy atom. The molecule has 21 heavy (non-hydrogen) atoms. The first-order valence-electron chi connectivity index (χ1n) is 7.05. The third-order valence-corrected chi connectivity index (χ3v) is 2.77. The van der Waals surface area contributed by atoms with E-state index in [0.29, 0.717) is 38.1 Å². The van der Waals surface area contributed by atoms with E-state index < -0.39 is 6.10 Å². The maximum atomic E-state index is 8.98. The van der Waals surface area contributed by atoms with Crippen LogP contribution in [0.4, 0.5) is 11.9 Å². The Morgan fingerprint density at radius 3 is 2.95 bits per heavy atom. The Bertz CT molecular complexity index is 516. The van der Waals surface area contributed by atoms with E-state index in [1.807, 2.05) is 25.7 Å². The molecule has 0 saturated carbocycles. The Balaban J connectivity index is 2.24. The summed E-state index contributed by atoms with van der Waals surface area (Å²) < 4.78 is 10.9. The molecule has 114 valence electrons. The summed E-state index contributed by atoms with van der Waals surface area (Å²) in [5, 5.41) is 12.0. The summed E-state index contributed by atoms with van der Waals surface area (Å²) in [4.78, 5) is 14.8. The van der Waals surface area contributed by atoms with Gasteiger partial charge < -0.3 is 19.7 Å². The summed E-state index contributed by atoms with van der Waals surface area (Å²) in [5.41, 5.74) is 0. The molecule has 0 bridgehead atoms. The van der Waals surface area contributed by atoms with Crippen LogP contribution in [-0.2, 0) is 4.74 Å². The molecule has 0 amide bonds. The molecule has 1 aromatic rings. The minimum atomic E-state index is -0.465. The lowest BCUT2D eigenvalue weighted by Crippen LogP contribution is -2.42. The van der Waals surface area contributed by atoms with Crippen LogP contribution in [0, 0.1) is 11.3 Å². The third-order valence-electron chi connectivity index (χ3n) is 2.77. The van der Waals surface area contributed by atoms with Gasteiger partial charge in [0.05, 0.1) is 25.3 Å². The topological polar surface area (TPSA) is 96.2 Å². The Hall–Kier alpha value is -2.14. The highest BCUT2D eigenvalue weighted by Gasteiger charge is 2.23. The van der Waals surface area contributed by atoms with Crippen molar-refractivity contribution in [3.05, 3.63) is 0 Å². The van der Waals surface area contributed by atoms with Crippen molar-refractivity contribution in [2.24, 2.45) is 0 Å². The number of aromatic nitrogens is 3. The average Bonchev–Trinajstić information content (AvgIpc) is 2.46. The van der Waals surface area contributed by atoms with Gasteiger partial charge in [0.2, 0.25) is 11.9 Å². The van der Waals surface area contributed by atoms with Crippen molar-refractivity contribution in [1.29, 1.82) is 5.26 Å². The molecular formula is C13H20N6O2. The van der Waals surface area contributed by atoms with Crippen LogP contribution in [0.5, 0.6) is 6.01 Å². The SMILES string of the molecule is CCNc1nc(OC(C)C)nc(N2CCOC(C#N)C2)n1. The third kappa shape index (κ3) is 4.16. The molecule has 1 aromatic heterocycles. The summed E-state index contributed by atoms with van der Waals surface area (Å²) in [6.07, 6.45) is -0.487. The predicted octanol–water partition coefficient (Wildman–Crippen LogP) is 0.819. The van der Waals surface area contributed by atoms with Crippen molar-refractivity contribution < 1.29 is 9.47 Å². The number of hydrogen-bond donors (Lipinski definition) is 1. The fraction of sp³-hybridized carbons (Fsp3) is 0.692. The lowest BCUT2D eigenvalue weighted by molar-refractivity contribution is 0.0757. The second-order valence-corrected chi connectivity index (χ2v) is 4.87. The minimum Gasteiger partial charge on any atom is -0.461 e. The molecule has 0 radical (unpaired) electrons. The van der Waals surface area contributed by atoms with Gasteiger partial charge >= 0.3 is 6.01 Å². The standard InChI is InChI=1S/C13H20N6O2/c1-4-15-11-16-12(18-13(17-11)21-9(2)3)19-5-6-20-10(7-14)8-19/h9-10H,4-6,8H2,1-3H3,(H,15,16,17,18). The highest BCUT2D eigenvalue weighted by Crippen LogP contribution is 2.18. The van der Waals surface area contributed by atoms with Crippen LogP contribution in [0.3, 0.4) is 0 Å². The average molecular weight is 292 g/mol. The molecule has 0 aromatic carbocycles. The molecule has 1 fully saturated rings. The molecule has 1 unspecified atom stereocenters. The molecule has 1 saturated heterocycles. The molecule has 0 aliphatic carbocycles. The summed E-state index contributed by atoms with van der Waals surface area (Å²) in [6.45, 7) is 8.04. The number of nitriles is 1. The molecule has 1 aliphatic rings. The quantitative estimate of drug-likeness (QED) is 0.852. The molecule has 1 atom stereocenters. The van der Waals surface area contributed by atoms with E-state index in [-0.39, 0.29) is 12.1 Å². The lowest BCUT2D eigenvalue weighted by atomic mass is 10.3. The van der Waals surface area contributed by atoms with Crippen LogP contribution in [0.1, 0.15) is 20.8 Å². The molecule has 8 heteroatoms. The smallest absolute Gasteiger partial charge is 0.323 e. The van der Waals surface area contributed by atoms with E-state index >= 15 is 0 Å². The molecule has 0 spiro atoms. The molecular weight excluding hydrogens is 272 g/mol. The van der Waals surface area contributed by atoms with Gasteiger partial charge in [0.25, 0.3) is 0 Å². The number of nitrogens with one attached hydrogen (secondary N) is 1. The van der Waals surface area contributed by atoms with Crippen LogP contribution in [0.2, 0.25) is 0 Å². The van der Waals surface area contributed by atoms with E-state index in [9.17, 15) is 0 Å². The van der Waals surface area contributed by atoms with Gasteiger partial charge in [0, 0.05) is 13.1 Å². The zero-order chi connectivity index (χ0) is 15.2. The van der Waals surface area contributed by atoms with Gasteiger partial charge in [-0.15, -0.1) is 0 Å². The maximum Gasteiger partial charge on any atom is 0.323 e. The van der Waals surface area contributed by atoms with E-state index in [1.54, 1.807) is 0 Å². The first-order chi connectivity index (χ1) is 10.1. The van der Waals surface area contributed by atoms with E-state index in [2.05, 4.69) is 26.3 Å². The molecule has 1 N–H and O–H groups in total. The largest absolute Gasteiger partial charge is 0.461 e. The van der Waals surface area contributed by atoms with Crippen molar-refractivity contribution >= 4 is 11.9 Å². The Labute approximate surface area is 124 Å². The number of hydrogen-bond acceptors (Lipinski definition) is 8. The number of anilines is 2. The number of ether oxygens (including phenoxy) is 2.